The average molecular weight is 451 g/mol. The minimum atomic E-state index is -4.61. The van der Waals surface area contributed by atoms with Gasteiger partial charge in [-0.15, -0.1) is 0 Å². The number of hydrogen-bond donors (Lipinski definition) is 0. The van der Waals surface area contributed by atoms with Crippen molar-refractivity contribution in [3.05, 3.63) is 82.3 Å². The lowest BCUT2D eigenvalue weighted by atomic mass is 9.85. The maximum atomic E-state index is 14.7. The third-order valence-corrected chi connectivity index (χ3v) is 5.54. The second-order valence-electron chi connectivity index (χ2n) is 7.84. The lowest BCUT2D eigenvalue weighted by molar-refractivity contribution is -0.0884. The monoisotopic (exact) mass is 451 g/mol. The Kier molecular flexibility index (Phi) is 7.69. The quantitative estimate of drug-likeness (QED) is 0.323. The van der Waals surface area contributed by atoms with Gasteiger partial charge in [-0.05, 0) is 56.4 Å². The number of ether oxygens (including phenoxy) is 1. The molecule has 0 fully saturated rings. The number of halogens is 5. The van der Waals surface area contributed by atoms with Gasteiger partial charge in [0.15, 0.2) is 0 Å². The number of hydrogen-bond acceptors (Lipinski definition) is 2. The first-order valence-electron chi connectivity index (χ1n) is 10.7. The summed E-state index contributed by atoms with van der Waals surface area (Å²) in [7, 11) is 0. The Morgan fingerprint density at radius 3 is 2.56 bits per heavy atom. The number of rotatable bonds is 6. The highest BCUT2D eigenvalue weighted by atomic mass is 19.4. The van der Waals surface area contributed by atoms with Gasteiger partial charge in [0.2, 0.25) is 0 Å². The van der Waals surface area contributed by atoms with Crippen molar-refractivity contribution < 1.29 is 26.7 Å². The Labute approximate surface area is 184 Å². The molecule has 1 aromatic rings. The molecule has 1 aromatic carbocycles. The summed E-state index contributed by atoms with van der Waals surface area (Å²) in [4.78, 5) is 4.62. The molecule has 1 aliphatic carbocycles. The average Bonchev–Trinajstić information content (AvgIpc) is 2.77. The minimum absolute atomic E-state index is 0.0392. The van der Waals surface area contributed by atoms with Gasteiger partial charge in [0.1, 0.15) is 24.0 Å². The second kappa shape index (κ2) is 10.3. The minimum Gasteiger partial charge on any atom is -0.490 e. The number of aliphatic imine (C=N–C) groups is 1. The Morgan fingerprint density at radius 1 is 1.22 bits per heavy atom. The molecule has 0 N–H and O–H groups in total. The van der Waals surface area contributed by atoms with E-state index in [4.69, 9.17) is 4.74 Å². The summed E-state index contributed by atoms with van der Waals surface area (Å²) in [5.41, 5.74) is 0.567. The number of nitrogens with zero attached hydrogens (tertiary/aromatic N) is 1. The van der Waals surface area contributed by atoms with Crippen LogP contribution in [0.4, 0.5) is 22.0 Å². The van der Waals surface area contributed by atoms with E-state index < -0.39 is 17.6 Å². The Hall–Kier alpha value is -2.70. The predicted octanol–water partition coefficient (Wildman–Crippen LogP) is 7.55. The molecule has 1 atom stereocenters. The standard InChI is InChI=1S/C25H26F5NO/c1-3-6-18(25(28,29)30)14-20(21(27)4-2)22-15-32-23-8-5-7-17(24(23)31-22)13-16-9-11-19(26)12-10-16/h4,6,9-12,14,17H,3,5,7-8,13,15H2,1-2H3/b18-6-,20-14+,21-4+. The smallest absolute Gasteiger partial charge is 0.416 e. The number of alkyl halides is 3. The largest absolute Gasteiger partial charge is 0.490 e. The van der Waals surface area contributed by atoms with Crippen LogP contribution in [0.25, 0.3) is 0 Å². The molecule has 0 saturated heterocycles. The Morgan fingerprint density at radius 2 is 1.94 bits per heavy atom. The summed E-state index contributed by atoms with van der Waals surface area (Å²) in [5.74, 6) is -0.445. The van der Waals surface area contributed by atoms with Gasteiger partial charge in [-0.2, -0.15) is 13.2 Å². The number of benzene rings is 1. The maximum absolute atomic E-state index is 14.7. The summed E-state index contributed by atoms with van der Waals surface area (Å²) in [6.07, 6.45) is 1.48. The normalized spacial score (nSPS) is 20.7. The van der Waals surface area contributed by atoms with Crippen molar-refractivity contribution in [2.75, 3.05) is 6.61 Å². The van der Waals surface area contributed by atoms with Crippen LogP contribution in [0.5, 0.6) is 0 Å². The highest BCUT2D eigenvalue weighted by Crippen LogP contribution is 2.38. The van der Waals surface area contributed by atoms with Crippen LogP contribution >= 0.6 is 0 Å². The molecule has 172 valence electrons. The summed E-state index contributed by atoms with van der Waals surface area (Å²) in [6.45, 7) is 2.92. The van der Waals surface area contributed by atoms with Gasteiger partial charge in [0.25, 0.3) is 0 Å². The van der Waals surface area contributed by atoms with Crippen LogP contribution in [0.15, 0.2) is 75.9 Å². The van der Waals surface area contributed by atoms with E-state index in [1.165, 1.54) is 19.1 Å². The van der Waals surface area contributed by atoms with E-state index in [1.807, 2.05) is 0 Å². The third-order valence-electron chi connectivity index (χ3n) is 5.54. The fourth-order valence-corrected chi connectivity index (χ4v) is 3.95. The lowest BCUT2D eigenvalue weighted by Crippen LogP contribution is -2.25. The molecule has 3 rings (SSSR count). The molecule has 1 unspecified atom stereocenters. The third kappa shape index (κ3) is 5.75. The van der Waals surface area contributed by atoms with Crippen LogP contribution in [0.3, 0.4) is 0 Å². The first-order valence-corrected chi connectivity index (χ1v) is 10.7. The van der Waals surface area contributed by atoms with Crippen molar-refractivity contribution in [2.45, 2.75) is 52.1 Å². The molecule has 0 amide bonds. The molecule has 0 radical (unpaired) electrons. The first-order chi connectivity index (χ1) is 15.2. The zero-order valence-corrected chi connectivity index (χ0v) is 18.1. The van der Waals surface area contributed by atoms with Gasteiger partial charge in [0.05, 0.1) is 17.0 Å². The van der Waals surface area contributed by atoms with E-state index in [0.717, 1.165) is 36.6 Å². The zero-order valence-electron chi connectivity index (χ0n) is 18.1. The molecular weight excluding hydrogens is 425 g/mol. The summed E-state index contributed by atoms with van der Waals surface area (Å²) >= 11 is 0. The highest BCUT2D eigenvalue weighted by Gasteiger charge is 2.34. The summed E-state index contributed by atoms with van der Waals surface area (Å²) < 4.78 is 74.1. The fraction of sp³-hybridized carbons (Fsp3) is 0.400. The van der Waals surface area contributed by atoms with Crippen LogP contribution in [0, 0.1) is 11.7 Å². The Bertz CT molecular complexity index is 981. The van der Waals surface area contributed by atoms with Crippen LogP contribution < -0.4 is 0 Å². The van der Waals surface area contributed by atoms with Gasteiger partial charge >= 0.3 is 6.18 Å². The van der Waals surface area contributed by atoms with Crippen molar-refractivity contribution in [3.63, 3.8) is 0 Å². The van der Waals surface area contributed by atoms with E-state index in [2.05, 4.69) is 4.99 Å². The van der Waals surface area contributed by atoms with Crippen LogP contribution in [-0.2, 0) is 11.2 Å². The van der Waals surface area contributed by atoms with Crippen LogP contribution in [0.2, 0.25) is 0 Å². The van der Waals surface area contributed by atoms with E-state index in [1.54, 1.807) is 19.1 Å². The molecule has 2 nitrogen and oxygen atoms in total. The van der Waals surface area contributed by atoms with Crippen LogP contribution in [-0.4, -0.2) is 18.5 Å². The van der Waals surface area contributed by atoms with Crippen molar-refractivity contribution in [1.29, 1.82) is 0 Å². The van der Waals surface area contributed by atoms with Crippen molar-refractivity contribution in [1.82, 2.24) is 0 Å². The topological polar surface area (TPSA) is 21.6 Å². The zero-order chi connectivity index (χ0) is 23.3. The fourth-order valence-electron chi connectivity index (χ4n) is 3.95. The SMILES string of the molecule is C\C=C(F)/C(=C\C(=C\CC)C(F)(F)F)C1=NC2=C(CCCC2Cc2ccc(F)cc2)OC1. The van der Waals surface area contributed by atoms with Gasteiger partial charge in [-0.25, -0.2) is 13.8 Å². The summed E-state index contributed by atoms with van der Waals surface area (Å²) in [5, 5.41) is 0. The maximum Gasteiger partial charge on any atom is 0.416 e. The molecule has 1 heterocycles. The molecule has 0 spiro atoms. The molecule has 1 aliphatic heterocycles. The molecule has 32 heavy (non-hydrogen) atoms. The number of allylic oxidation sites excluding steroid dienone is 7. The molecular formula is C25H26F5NO. The lowest BCUT2D eigenvalue weighted by Gasteiger charge is -2.30. The van der Waals surface area contributed by atoms with E-state index >= 15 is 0 Å². The highest BCUT2D eigenvalue weighted by molar-refractivity contribution is 6.05. The van der Waals surface area contributed by atoms with Crippen molar-refractivity contribution >= 4 is 5.71 Å². The van der Waals surface area contributed by atoms with Gasteiger partial charge in [-0.1, -0.05) is 31.2 Å². The van der Waals surface area contributed by atoms with E-state index in [9.17, 15) is 22.0 Å². The van der Waals surface area contributed by atoms with E-state index in [-0.39, 0.29) is 36.0 Å². The summed E-state index contributed by atoms with van der Waals surface area (Å²) in [6, 6.07) is 6.18. The van der Waals surface area contributed by atoms with Gasteiger partial charge in [0, 0.05) is 17.9 Å². The van der Waals surface area contributed by atoms with Crippen molar-refractivity contribution in [3.8, 4) is 0 Å². The molecule has 2 aliphatic rings. The second-order valence-corrected chi connectivity index (χ2v) is 7.84. The predicted molar refractivity (Wildman–Crippen MR) is 115 cm³/mol. The molecule has 0 aromatic heterocycles. The molecule has 7 heteroatoms. The first kappa shape index (κ1) is 24.0. The Balaban J connectivity index is 1.99. The van der Waals surface area contributed by atoms with Gasteiger partial charge < -0.3 is 4.74 Å². The molecule has 0 bridgehead atoms. The van der Waals surface area contributed by atoms with E-state index in [0.29, 0.717) is 24.3 Å². The van der Waals surface area contributed by atoms with Gasteiger partial charge in [-0.3, -0.25) is 0 Å². The van der Waals surface area contributed by atoms with Crippen LogP contribution in [0.1, 0.15) is 45.1 Å². The van der Waals surface area contributed by atoms with Crippen molar-refractivity contribution in [2.24, 2.45) is 10.9 Å². The molecule has 0 saturated carbocycles.